The third kappa shape index (κ3) is 2.96. The zero-order valence-corrected chi connectivity index (χ0v) is 9.65. The molecule has 0 aliphatic heterocycles. The van der Waals surface area contributed by atoms with Gasteiger partial charge in [0.05, 0.1) is 4.92 Å². The quantitative estimate of drug-likeness (QED) is 0.486. The molecule has 2 rings (SSSR count). The maximum Gasteiger partial charge on any atom is 0.269 e. The molecule has 16 heavy (non-hydrogen) atoms. The number of rotatable bonds is 5. The molecular weight excluding hydrogens is 224 g/mol. The minimum atomic E-state index is -0.385. The van der Waals surface area contributed by atoms with Crippen molar-refractivity contribution in [2.24, 2.45) is 11.7 Å². The van der Waals surface area contributed by atoms with Gasteiger partial charge in [-0.3, -0.25) is 10.1 Å². The maximum atomic E-state index is 10.5. The topological polar surface area (TPSA) is 69.2 Å². The molecule has 0 bridgehead atoms. The predicted octanol–water partition coefficient (Wildman–Crippen LogP) is 2.42. The lowest BCUT2D eigenvalue weighted by molar-refractivity contribution is -0.384. The van der Waals surface area contributed by atoms with E-state index in [2.05, 4.69) is 0 Å². The molecule has 1 aliphatic carbocycles. The van der Waals surface area contributed by atoms with Crippen LogP contribution >= 0.6 is 11.8 Å². The van der Waals surface area contributed by atoms with Crippen molar-refractivity contribution in [3.63, 3.8) is 0 Å². The molecule has 1 saturated carbocycles. The Morgan fingerprint density at radius 3 is 2.56 bits per heavy atom. The van der Waals surface area contributed by atoms with Crippen LogP contribution in [0.15, 0.2) is 29.2 Å². The van der Waals surface area contributed by atoms with Crippen LogP contribution in [0.2, 0.25) is 0 Å². The SMILES string of the molecule is NC(CSc1ccc([N+](=O)[O-])cc1)C1CC1. The Morgan fingerprint density at radius 2 is 2.06 bits per heavy atom. The fourth-order valence-electron chi connectivity index (χ4n) is 1.52. The summed E-state index contributed by atoms with van der Waals surface area (Å²) in [5.41, 5.74) is 6.11. The molecule has 5 heteroatoms. The molecule has 0 amide bonds. The zero-order chi connectivity index (χ0) is 11.5. The van der Waals surface area contributed by atoms with Crippen LogP contribution in [0.5, 0.6) is 0 Å². The van der Waals surface area contributed by atoms with Gasteiger partial charge in [0.25, 0.3) is 5.69 Å². The van der Waals surface area contributed by atoms with Crippen LogP contribution in [0.4, 0.5) is 5.69 Å². The lowest BCUT2D eigenvalue weighted by Gasteiger charge is -2.08. The van der Waals surface area contributed by atoms with Crippen molar-refractivity contribution in [1.29, 1.82) is 0 Å². The minimum absolute atomic E-state index is 0.135. The first-order valence-corrected chi connectivity index (χ1v) is 6.28. The van der Waals surface area contributed by atoms with E-state index in [1.165, 1.54) is 25.0 Å². The molecule has 0 saturated heterocycles. The van der Waals surface area contributed by atoms with E-state index in [9.17, 15) is 10.1 Å². The molecule has 0 aromatic heterocycles. The lowest BCUT2D eigenvalue weighted by Crippen LogP contribution is -2.24. The van der Waals surface area contributed by atoms with Gasteiger partial charge in [0.2, 0.25) is 0 Å². The fourth-order valence-corrected chi connectivity index (χ4v) is 2.50. The predicted molar refractivity (Wildman–Crippen MR) is 64.5 cm³/mol. The Bertz CT molecular complexity index is 376. The first-order chi connectivity index (χ1) is 7.66. The Hall–Kier alpha value is -1.07. The van der Waals surface area contributed by atoms with Crippen LogP contribution in [0, 0.1) is 16.0 Å². The summed E-state index contributed by atoms with van der Waals surface area (Å²) in [6.45, 7) is 0. The highest BCUT2D eigenvalue weighted by atomic mass is 32.2. The summed E-state index contributed by atoms with van der Waals surface area (Å²) in [4.78, 5) is 11.1. The van der Waals surface area contributed by atoms with Crippen LogP contribution in [0.1, 0.15) is 12.8 Å². The van der Waals surface area contributed by atoms with Gasteiger partial charge in [-0.15, -0.1) is 11.8 Å². The van der Waals surface area contributed by atoms with E-state index in [1.807, 2.05) is 0 Å². The van der Waals surface area contributed by atoms with Crippen LogP contribution < -0.4 is 5.73 Å². The number of nitrogens with zero attached hydrogens (tertiary/aromatic N) is 1. The van der Waals surface area contributed by atoms with Gasteiger partial charge in [-0.25, -0.2) is 0 Å². The Balaban J connectivity index is 1.86. The van der Waals surface area contributed by atoms with Gasteiger partial charge in [-0.1, -0.05) is 0 Å². The van der Waals surface area contributed by atoms with Gasteiger partial charge < -0.3 is 5.73 Å². The summed E-state index contributed by atoms with van der Waals surface area (Å²) in [6.07, 6.45) is 2.50. The monoisotopic (exact) mass is 238 g/mol. The highest BCUT2D eigenvalue weighted by molar-refractivity contribution is 7.99. The van der Waals surface area contributed by atoms with Crippen molar-refractivity contribution in [3.8, 4) is 0 Å². The van der Waals surface area contributed by atoms with Crippen molar-refractivity contribution in [3.05, 3.63) is 34.4 Å². The summed E-state index contributed by atoms with van der Waals surface area (Å²) in [7, 11) is 0. The number of non-ortho nitro benzene ring substituents is 1. The van der Waals surface area contributed by atoms with E-state index < -0.39 is 0 Å². The second kappa shape index (κ2) is 4.84. The van der Waals surface area contributed by atoms with E-state index in [0.29, 0.717) is 5.92 Å². The van der Waals surface area contributed by atoms with Crippen molar-refractivity contribution < 1.29 is 4.92 Å². The second-order valence-corrected chi connectivity index (χ2v) is 5.16. The molecule has 86 valence electrons. The number of nitrogens with two attached hydrogens (primary N) is 1. The number of thioether (sulfide) groups is 1. The van der Waals surface area contributed by atoms with Gasteiger partial charge >= 0.3 is 0 Å². The summed E-state index contributed by atoms with van der Waals surface area (Å²) in [6, 6.07) is 6.89. The highest BCUT2D eigenvalue weighted by Crippen LogP contribution is 2.34. The Morgan fingerprint density at radius 1 is 1.44 bits per heavy atom. The van der Waals surface area contributed by atoms with Gasteiger partial charge in [0.1, 0.15) is 0 Å². The standard InChI is InChI=1S/C11H14N2O2S/c12-11(8-1-2-8)7-16-10-5-3-9(4-6-10)13(14)15/h3-6,8,11H,1-2,7,12H2. The van der Waals surface area contributed by atoms with Crippen LogP contribution in [0.25, 0.3) is 0 Å². The van der Waals surface area contributed by atoms with Gasteiger partial charge in [0.15, 0.2) is 0 Å². The average molecular weight is 238 g/mol. The zero-order valence-electron chi connectivity index (χ0n) is 8.83. The fraction of sp³-hybridized carbons (Fsp3) is 0.455. The molecule has 1 unspecified atom stereocenters. The lowest BCUT2D eigenvalue weighted by atomic mass is 10.2. The smallest absolute Gasteiger partial charge is 0.269 e. The molecule has 1 aromatic rings. The Labute approximate surface area is 98.4 Å². The molecule has 2 N–H and O–H groups in total. The van der Waals surface area contributed by atoms with E-state index in [1.54, 1.807) is 23.9 Å². The van der Waals surface area contributed by atoms with Gasteiger partial charge in [-0.05, 0) is 30.9 Å². The molecule has 1 atom stereocenters. The number of hydrogen-bond donors (Lipinski definition) is 1. The van der Waals surface area contributed by atoms with E-state index in [-0.39, 0.29) is 16.7 Å². The summed E-state index contributed by atoms with van der Waals surface area (Å²) < 4.78 is 0. The van der Waals surface area contributed by atoms with Gasteiger partial charge in [0, 0.05) is 28.8 Å². The third-order valence-electron chi connectivity index (χ3n) is 2.72. The summed E-state index contributed by atoms with van der Waals surface area (Å²) in [5, 5.41) is 10.5. The molecule has 0 radical (unpaired) electrons. The van der Waals surface area contributed by atoms with E-state index >= 15 is 0 Å². The summed E-state index contributed by atoms with van der Waals surface area (Å²) >= 11 is 1.67. The van der Waals surface area contributed by atoms with Crippen molar-refractivity contribution in [2.75, 3.05) is 5.75 Å². The second-order valence-electron chi connectivity index (χ2n) is 4.06. The molecule has 4 nitrogen and oxygen atoms in total. The molecule has 0 spiro atoms. The largest absolute Gasteiger partial charge is 0.327 e. The maximum absolute atomic E-state index is 10.5. The van der Waals surface area contributed by atoms with E-state index in [0.717, 1.165) is 10.6 Å². The molecule has 1 aromatic carbocycles. The van der Waals surface area contributed by atoms with Crippen molar-refractivity contribution in [1.82, 2.24) is 0 Å². The van der Waals surface area contributed by atoms with Crippen LogP contribution in [-0.2, 0) is 0 Å². The molecular formula is C11H14N2O2S. The average Bonchev–Trinajstić information content (AvgIpc) is 3.10. The first kappa shape index (κ1) is 11.4. The third-order valence-corrected chi connectivity index (χ3v) is 3.87. The van der Waals surface area contributed by atoms with Crippen LogP contribution in [-0.4, -0.2) is 16.7 Å². The molecule has 0 heterocycles. The van der Waals surface area contributed by atoms with Gasteiger partial charge in [-0.2, -0.15) is 0 Å². The number of nitro benzene ring substituents is 1. The Kier molecular flexibility index (Phi) is 3.46. The molecule has 1 fully saturated rings. The summed E-state index contributed by atoms with van der Waals surface area (Å²) in [5.74, 6) is 1.59. The normalized spacial score (nSPS) is 17.1. The number of hydrogen-bond acceptors (Lipinski definition) is 4. The van der Waals surface area contributed by atoms with E-state index in [4.69, 9.17) is 5.73 Å². The van der Waals surface area contributed by atoms with Crippen molar-refractivity contribution in [2.45, 2.75) is 23.8 Å². The van der Waals surface area contributed by atoms with Crippen molar-refractivity contribution >= 4 is 17.4 Å². The van der Waals surface area contributed by atoms with Crippen LogP contribution in [0.3, 0.4) is 0 Å². The number of benzene rings is 1. The minimum Gasteiger partial charge on any atom is -0.327 e. The highest BCUT2D eigenvalue weighted by Gasteiger charge is 2.28. The molecule has 1 aliphatic rings. The number of nitro groups is 1. The first-order valence-electron chi connectivity index (χ1n) is 5.29.